The largest absolute Gasteiger partial charge is 0.538 e. The molecule has 11 heteroatoms. The third kappa shape index (κ3) is 3.84. The number of nitrogens with one attached hydrogen (secondary N) is 1. The van der Waals surface area contributed by atoms with E-state index in [1.54, 1.807) is 48.9 Å². The highest BCUT2D eigenvalue weighted by molar-refractivity contribution is 7.92. The van der Waals surface area contributed by atoms with Crippen LogP contribution in [-0.2, 0) is 10.0 Å². The number of hydrogen-bond donors (Lipinski definition) is 1. The molecule has 0 atom stereocenters. The van der Waals surface area contributed by atoms with E-state index in [1.165, 1.54) is 0 Å². The molecule has 0 saturated heterocycles. The van der Waals surface area contributed by atoms with Crippen LogP contribution in [0.2, 0.25) is 0 Å². The fraction of sp³-hybridized carbons (Fsp3) is 0.105. The first-order valence-electron chi connectivity index (χ1n) is 8.66. The van der Waals surface area contributed by atoms with Crippen molar-refractivity contribution < 1.29 is 27.5 Å². The molecule has 2 heterocycles. The Labute approximate surface area is 176 Å². The Bertz CT molecular complexity index is 1280. The Morgan fingerprint density at radius 1 is 1.13 bits per heavy atom. The van der Waals surface area contributed by atoms with Crippen molar-refractivity contribution in [3.05, 3.63) is 59.5 Å². The lowest BCUT2D eigenvalue weighted by molar-refractivity contribution is -0.706. The van der Waals surface area contributed by atoms with Crippen molar-refractivity contribution in [3.8, 4) is 28.6 Å². The molecule has 154 valence electrons. The van der Waals surface area contributed by atoms with E-state index in [9.17, 15) is 13.5 Å². The van der Waals surface area contributed by atoms with Crippen LogP contribution < -0.4 is 19.2 Å². The molecule has 0 bridgehead atoms. The van der Waals surface area contributed by atoms with Crippen LogP contribution in [0.4, 0.5) is 5.13 Å². The molecule has 0 radical (unpaired) electrons. The summed E-state index contributed by atoms with van der Waals surface area (Å²) in [7, 11) is -2.72. The molecule has 0 amide bonds. The van der Waals surface area contributed by atoms with Gasteiger partial charge in [-0.25, -0.2) is 9.71 Å². The van der Waals surface area contributed by atoms with Crippen LogP contribution in [0.1, 0.15) is 5.56 Å². The van der Waals surface area contributed by atoms with Crippen LogP contribution in [-0.4, -0.2) is 25.8 Å². The number of hydrogen-bond acceptors (Lipinski definition) is 8. The molecule has 9 nitrogen and oxygen atoms in total. The first kappa shape index (κ1) is 19.9. The van der Waals surface area contributed by atoms with Gasteiger partial charge in [0, 0.05) is 23.1 Å². The normalized spacial score (nSPS) is 11.4. The third-order valence-corrected chi connectivity index (χ3v) is 6.41. The van der Waals surface area contributed by atoms with Crippen LogP contribution in [0.3, 0.4) is 0 Å². The van der Waals surface area contributed by atoms with Crippen molar-refractivity contribution in [2.24, 2.45) is 0 Å². The van der Waals surface area contributed by atoms with Crippen LogP contribution in [0, 0.1) is 6.92 Å². The van der Waals surface area contributed by atoms with E-state index in [0.29, 0.717) is 17.1 Å². The summed E-state index contributed by atoms with van der Waals surface area (Å²) >= 11 is 1.09. The van der Waals surface area contributed by atoms with Crippen LogP contribution in [0.5, 0.6) is 11.7 Å². The molecule has 4 rings (SSSR count). The van der Waals surface area contributed by atoms with E-state index in [4.69, 9.17) is 4.74 Å². The Morgan fingerprint density at radius 3 is 2.50 bits per heavy atom. The summed E-state index contributed by atoms with van der Waals surface area (Å²) in [5.41, 5.74) is 2.73. The number of aryl methyl sites for hydroxylation is 1. The zero-order valence-corrected chi connectivity index (χ0v) is 17.5. The van der Waals surface area contributed by atoms with Gasteiger partial charge in [0.2, 0.25) is 5.69 Å². The van der Waals surface area contributed by atoms with Crippen molar-refractivity contribution >= 4 is 26.5 Å². The molecule has 0 spiro atoms. The van der Waals surface area contributed by atoms with Gasteiger partial charge in [0.05, 0.1) is 18.1 Å². The minimum Gasteiger partial charge on any atom is -0.538 e. The van der Waals surface area contributed by atoms with E-state index < -0.39 is 21.0 Å². The summed E-state index contributed by atoms with van der Waals surface area (Å²) in [6, 6.07) is 14.0. The second-order valence-electron chi connectivity index (χ2n) is 6.28. The first-order chi connectivity index (χ1) is 14.4. The summed E-state index contributed by atoms with van der Waals surface area (Å²) in [6.45, 7) is 1.89. The van der Waals surface area contributed by atoms with Crippen LogP contribution in [0.25, 0.3) is 16.9 Å². The highest BCUT2D eigenvalue weighted by Gasteiger charge is 2.34. The monoisotopic (exact) mass is 444 g/mol. The van der Waals surface area contributed by atoms with Gasteiger partial charge in [-0.3, -0.25) is 0 Å². The number of ether oxygens (including phenoxy) is 1. The van der Waals surface area contributed by atoms with Gasteiger partial charge < -0.3 is 14.4 Å². The van der Waals surface area contributed by atoms with Crippen molar-refractivity contribution in [1.29, 1.82) is 0 Å². The molecule has 30 heavy (non-hydrogen) atoms. The summed E-state index contributed by atoms with van der Waals surface area (Å²) in [4.78, 5) is 4.30. The minimum absolute atomic E-state index is 0.108. The summed E-state index contributed by atoms with van der Waals surface area (Å²) < 4.78 is 38.8. The van der Waals surface area contributed by atoms with Gasteiger partial charge in [0.25, 0.3) is 0 Å². The van der Waals surface area contributed by atoms with E-state index in [1.807, 2.05) is 19.1 Å². The number of anilines is 1. The zero-order valence-electron chi connectivity index (χ0n) is 15.9. The zero-order chi connectivity index (χ0) is 21.3. The van der Waals surface area contributed by atoms with Crippen molar-refractivity contribution in [3.63, 3.8) is 0 Å². The number of nitrogens with zero attached hydrogens (tertiary/aromatic N) is 3. The highest BCUT2D eigenvalue weighted by atomic mass is 32.2. The standard InChI is InChI=1S/C19H16N4O5S2/c1-12-3-7-14(8-4-12)23-17(18(24)28-22-23)30(25,26)21-19-20-16(11-29-19)13-5-9-15(27-2)10-6-13/h3-11H,1-2H3,(H-,20,21,22,24). The number of thiazole rings is 1. The molecule has 4 aromatic rings. The maximum absolute atomic E-state index is 12.9. The molecule has 0 saturated carbocycles. The quantitative estimate of drug-likeness (QED) is 0.453. The fourth-order valence-electron chi connectivity index (χ4n) is 2.69. The topological polar surface area (TPSA) is 121 Å². The predicted molar refractivity (Wildman–Crippen MR) is 107 cm³/mol. The molecular weight excluding hydrogens is 428 g/mol. The van der Waals surface area contributed by atoms with Gasteiger partial charge in [-0.1, -0.05) is 17.7 Å². The molecule has 2 aromatic heterocycles. The molecule has 0 unspecified atom stereocenters. The second kappa shape index (κ2) is 7.76. The number of methoxy groups -OCH3 is 1. The summed E-state index contributed by atoms with van der Waals surface area (Å²) in [5.74, 6) is -0.374. The van der Waals surface area contributed by atoms with Crippen molar-refractivity contribution in [2.75, 3.05) is 11.8 Å². The van der Waals surface area contributed by atoms with Crippen LogP contribution >= 0.6 is 11.3 Å². The highest BCUT2D eigenvalue weighted by Crippen LogP contribution is 2.28. The average molecular weight is 444 g/mol. The lowest BCUT2D eigenvalue weighted by Crippen LogP contribution is -2.40. The van der Waals surface area contributed by atoms with Gasteiger partial charge in [-0.2, -0.15) is 8.42 Å². The molecule has 0 aliphatic carbocycles. The predicted octanol–water partition coefficient (Wildman–Crippen LogP) is 2.27. The Kier molecular flexibility index (Phi) is 5.14. The van der Waals surface area contributed by atoms with Crippen LogP contribution in [0.15, 0.2) is 63.5 Å². The Hall–Kier alpha value is -3.44. The van der Waals surface area contributed by atoms with E-state index in [-0.39, 0.29) is 5.13 Å². The summed E-state index contributed by atoms with van der Waals surface area (Å²) in [6.07, 6.45) is 0. The van der Waals surface area contributed by atoms with Gasteiger partial charge >= 0.3 is 15.0 Å². The van der Waals surface area contributed by atoms with Gasteiger partial charge in [-0.05, 0) is 35.9 Å². The molecule has 1 N–H and O–H groups in total. The molecule has 0 aliphatic rings. The van der Waals surface area contributed by atoms with Gasteiger partial charge in [-0.15, -0.1) is 11.3 Å². The van der Waals surface area contributed by atoms with E-state index in [0.717, 1.165) is 27.1 Å². The van der Waals surface area contributed by atoms with E-state index >= 15 is 0 Å². The minimum atomic E-state index is -4.30. The SMILES string of the molecule is COc1ccc(-c2csc(NS(=O)(=O)c3c([O-])on[n+]3-c3ccc(C)cc3)n2)cc1. The van der Waals surface area contributed by atoms with Gasteiger partial charge in [0.15, 0.2) is 11.1 Å². The number of aromatic nitrogens is 3. The Balaban J connectivity index is 1.63. The summed E-state index contributed by atoms with van der Waals surface area (Å²) in [5, 5.41) is 16.9. The molecular formula is C19H16N4O5S2. The van der Waals surface area contributed by atoms with Gasteiger partial charge in [0.1, 0.15) is 5.75 Å². The Morgan fingerprint density at radius 2 is 1.83 bits per heavy atom. The number of benzene rings is 2. The molecule has 2 aromatic carbocycles. The smallest absolute Gasteiger partial charge is 0.373 e. The average Bonchev–Trinajstić information content (AvgIpc) is 3.35. The van der Waals surface area contributed by atoms with E-state index in [2.05, 4.69) is 19.5 Å². The van der Waals surface area contributed by atoms with Crippen molar-refractivity contribution in [1.82, 2.24) is 10.3 Å². The maximum Gasteiger partial charge on any atom is 0.373 e. The molecule has 0 aliphatic heterocycles. The number of rotatable bonds is 6. The second-order valence-corrected chi connectivity index (χ2v) is 8.74. The molecule has 0 fully saturated rings. The first-order valence-corrected chi connectivity index (χ1v) is 11.0. The van der Waals surface area contributed by atoms with Crippen molar-refractivity contribution in [2.45, 2.75) is 11.9 Å². The fourth-order valence-corrected chi connectivity index (χ4v) is 4.77. The maximum atomic E-state index is 12.9. The number of sulfonamides is 1. The third-order valence-electron chi connectivity index (χ3n) is 4.22. The lowest BCUT2D eigenvalue weighted by atomic mass is 10.2. The lowest BCUT2D eigenvalue weighted by Gasteiger charge is -2.03.